The van der Waals surface area contributed by atoms with E-state index in [2.05, 4.69) is 10.1 Å². The average Bonchev–Trinajstić information content (AvgIpc) is 2.61. The van der Waals surface area contributed by atoms with Crippen LogP contribution in [0.25, 0.3) is 0 Å². The number of nitro groups is 1. The van der Waals surface area contributed by atoms with Crippen LogP contribution in [-0.4, -0.2) is 31.7 Å². The van der Waals surface area contributed by atoms with Gasteiger partial charge in [0.05, 0.1) is 24.8 Å². The van der Waals surface area contributed by atoms with Crippen LogP contribution in [0.15, 0.2) is 36.4 Å². The number of alkyl halides is 2. The van der Waals surface area contributed by atoms with Gasteiger partial charge in [0.2, 0.25) is 0 Å². The van der Waals surface area contributed by atoms with Crippen molar-refractivity contribution in [2.24, 2.45) is 0 Å². The predicted molar refractivity (Wildman–Crippen MR) is 87.2 cm³/mol. The Balaban J connectivity index is 2.38. The second kappa shape index (κ2) is 8.10. The summed E-state index contributed by atoms with van der Waals surface area (Å²) in [6.45, 7) is -3.16. The Labute approximate surface area is 146 Å². The van der Waals surface area contributed by atoms with Crippen molar-refractivity contribution >= 4 is 17.3 Å². The molecule has 10 heteroatoms. The largest absolute Gasteiger partial charge is 0.497 e. The smallest absolute Gasteiger partial charge is 0.387 e. The molecule has 2 rings (SSSR count). The number of halogens is 2. The molecule has 0 heterocycles. The molecule has 26 heavy (non-hydrogen) atoms. The highest BCUT2D eigenvalue weighted by atomic mass is 19.3. The number of ether oxygens (including phenoxy) is 3. The monoisotopic (exact) mass is 368 g/mol. The van der Waals surface area contributed by atoms with Gasteiger partial charge in [-0.3, -0.25) is 14.9 Å². The first-order valence-electron chi connectivity index (χ1n) is 7.11. The van der Waals surface area contributed by atoms with Crippen LogP contribution >= 0.6 is 0 Å². The van der Waals surface area contributed by atoms with Gasteiger partial charge in [-0.1, -0.05) is 0 Å². The number of nitro benzene ring substituents is 1. The number of carbonyl (C=O) groups excluding carboxylic acids is 1. The van der Waals surface area contributed by atoms with Gasteiger partial charge in [0.25, 0.3) is 11.6 Å². The summed E-state index contributed by atoms with van der Waals surface area (Å²) in [5, 5.41) is 13.2. The van der Waals surface area contributed by atoms with E-state index in [0.29, 0.717) is 11.5 Å². The number of anilines is 1. The molecule has 2 aromatic rings. The number of rotatable bonds is 7. The first-order chi connectivity index (χ1) is 12.3. The van der Waals surface area contributed by atoms with E-state index in [-0.39, 0.29) is 11.3 Å². The molecule has 0 atom stereocenters. The maximum atomic E-state index is 12.5. The predicted octanol–water partition coefficient (Wildman–Crippen LogP) is 3.47. The standard InChI is InChI=1S/C16H14F2N2O6/c1-24-11-5-9(6-12(8-11)25-2)15(21)19-13-7-10(20(22)23)3-4-14(13)26-16(17)18/h3-8,16H,1-2H3,(H,19,21). The number of benzene rings is 2. The molecule has 1 amide bonds. The van der Waals surface area contributed by atoms with E-state index < -0.39 is 28.9 Å². The van der Waals surface area contributed by atoms with Gasteiger partial charge in [0.15, 0.2) is 0 Å². The maximum absolute atomic E-state index is 12.5. The van der Waals surface area contributed by atoms with Gasteiger partial charge in [-0.15, -0.1) is 0 Å². The molecule has 1 N–H and O–H groups in total. The number of methoxy groups -OCH3 is 2. The topological polar surface area (TPSA) is 99.9 Å². The van der Waals surface area contributed by atoms with E-state index >= 15 is 0 Å². The van der Waals surface area contributed by atoms with Crippen LogP contribution in [0, 0.1) is 10.1 Å². The second-order valence-corrected chi connectivity index (χ2v) is 4.87. The highest BCUT2D eigenvalue weighted by Crippen LogP contribution is 2.31. The Bertz CT molecular complexity index is 806. The number of amides is 1. The molecule has 0 radical (unpaired) electrons. The van der Waals surface area contributed by atoms with Crippen LogP contribution in [-0.2, 0) is 0 Å². The molecule has 0 spiro atoms. The molecule has 0 fully saturated rings. The fraction of sp³-hybridized carbons (Fsp3) is 0.188. The maximum Gasteiger partial charge on any atom is 0.387 e. The molecule has 0 saturated carbocycles. The molecule has 0 unspecified atom stereocenters. The van der Waals surface area contributed by atoms with Gasteiger partial charge in [-0.2, -0.15) is 8.78 Å². The third-order valence-corrected chi connectivity index (χ3v) is 3.25. The summed E-state index contributed by atoms with van der Waals surface area (Å²) >= 11 is 0. The lowest BCUT2D eigenvalue weighted by atomic mass is 10.1. The van der Waals surface area contributed by atoms with Crippen molar-refractivity contribution in [3.63, 3.8) is 0 Å². The molecule has 8 nitrogen and oxygen atoms in total. The third-order valence-electron chi connectivity index (χ3n) is 3.25. The molecular weight excluding hydrogens is 354 g/mol. The molecule has 2 aromatic carbocycles. The Morgan fingerprint density at radius 3 is 2.23 bits per heavy atom. The van der Waals surface area contributed by atoms with Gasteiger partial charge >= 0.3 is 6.61 Å². The summed E-state index contributed by atoms with van der Waals surface area (Å²) in [6.07, 6.45) is 0. The van der Waals surface area contributed by atoms with Crippen LogP contribution < -0.4 is 19.5 Å². The lowest BCUT2D eigenvalue weighted by Crippen LogP contribution is -2.14. The van der Waals surface area contributed by atoms with Crippen molar-refractivity contribution in [2.45, 2.75) is 6.61 Å². The lowest BCUT2D eigenvalue weighted by Gasteiger charge is -2.13. The molecule has 138 valence electrons. The summed E-state index contributed by atoms with van der Waals surface area (Å²) in [6, 6.07) is 7.21. The molecule has 0 aliphatic rings. The fourth-order valence-electron chi connectivity index (χ4n) is 2.06. The van der Waals surface area contributed by atoms with Crippen LogP contribution in [0.3, 0.4) is 0 Å². The molecule has 0 bridgehead atoms. The zero-order chi connectivity index (χ0) is 19.3. The van der Waals surface area contributed by atoms with Gasteiger partial charge < -0.3 is 19.5 Å². The minimum atomic E-state index is -3.16. The highest BCUT2D eigenvalue weighted by Gasteiger charge is 2.18. The Hall–Kier alpha value is -3.43. The quantitative estimate of drug-likeness (QED) is 0.593. The second-order valence-electron chi connectivity index (χ2n) is 4.87. The zero-order valence-corrected chi connectivity index (χ0v) is 13.7. The summed E-state index contributed by atoms with van der Waals surface area (Å²) in [4.78, 5) is 22.6. The van der Waals surface area contributed by atoms with Crippen molar-refractivity contribution in [1.29, 1.82) is 0 Å². The summed E-state index contributed by atoms with van der Waals surface area (Å²) in [5.41, 5.74) is -0.577. The van der Waals surface area contributed by atoms with Crippen molar-refractivity contribution in [3.05, 3.63) is 52.1 Å². The third kappa shape index (κ3) is 4.56. The van der Waals surface area contributed by atoms with E-state index in [1.165, 1.54) is 32.4 Å². The molecule has 0 aliphatic heterocycles. The van der Waals surface area contributed by atoms with Gasteiger partial charge in [0.1, 0.15) is 17.2 Å². The van der Waals surface area contributed by atoms with Crippen LogP contribution in [0.5, 0.6) is 17.2 Å². The number of nitrogens with one attached hydrogen (secondary N) is 1. The molecule has 0 aliphatic carbocycles. The Morgan fingerprint density at radius 1 is 1.12 bits per heavy atom. The van der Waals surface area contributed by atoms with Crippen molar-refractivity contribution in [1.82, 2.24) is 0 Å². The minimum Gasteiger partial charge on any atom is -0.497 e. The molecular formula is C16H14F2N2O6. The highest BCUT2D eigenvalue weighted by molar-refractivity contribution is 6.05. The van der Waals surface area contributed by atoms with E-state index in [1.54, 1.807) is 0 Å². The van der Waals surface area contributed by atoms with Crippen LogP contribution in [0.4, 0.5) is 20.2 Å². The first-order valence-corrected chi connectivity index (χ1v) is 7.11. The average molecular weight is 368 g/mol. The summed E-state index contributed by atoms with van der Waals surface area (Å²) < 4.78 is 39.4. The van der Waals surface area contributed by atoms with Gasteiger partial charge in [-0.25, -0.2) is 0 Å². The molecule has 0 aromatic heterocycles. The Kier molecular flexibility index (Phi) is 5.89. The summed E-state index contributed by atoms with van der Waals surface area (Å²) in [5.74, 6) is -0.467. The molecule has 0 saturated heterocycles. The van der Waals surface area contributed by atoms with Crippen LogP contribution in [0.1, 0.15) is 10.4 Å². The van der Waals surface area contributed by atoms with Gasteiger partial charge in [-0.05, 0) is 18.2 Å². The first kappa shape index (κ1) is 18.9. The number of non-ortho nitro benzene ring substituents is 1. The minimum absolute atomic E-state index is 0.0932. The number of hydrogen-bond donors (Lipinski definition) is 1. The van der Waals surface area contributed by atoms with E-state index in [4.69, 9.17) is 9.47 Å². The SMILES string of the molecule is COc1cc(OC)cc(C(=O)Nc2cc([N+](=O)[O-])ccc2OC(F)F)c1. The summed E-state index contributed by atoms with van der Waals surface area (Å²) in [7, 11) is 2.79. The zero-order valence-electron chi connectivity index (χ0n) is 13.7. The van der Waals surface area contributed by atoms with E-state index in [9.17, 15) is 23.7 Å². The van der Waals surface area contributed by atoms with E-state index in [0.717, 1.165) is 18.2 Å². The van der Waals surface area contributed by atoms with Crippen molar-refractivity contribution in [2.75, 3.05) is 19.5 Å². The lowest BCUT2D eigenvalue weighted by molar-refractivity contribution is -0.384. The fourth-order valence-corrected chi connectivity index (χ4v) is 2.06. The van der Waals surface area contributed by atoms with Crippen molar-refractivity contribution in [3.8, 4) is 17.2 Å². The van der Waals surface area contributed by atoms with E-state index in [1.807, 2.05) is 0 Å². The van der Waals surface area contributed by atoms with Crippen molar-refractivity contribution < 1.29 is 32.7 Å². The number of nitrogens with zero attached hydrogens (tertiary/aromatic N) is 1. The number of carbonyl (C=O) groups is 1. The Morgan fingerprint density at radius 2 is 1.73 bits per heavy atom. The van der Waals surface area contributed by atoms with Gasteiger partial charge in [0, 0.05) is 23.8 Å². The van der Waals surface area contributed by atoms with Crippen LogP contribution in [0.2, 0.25) is 0 Å². The number of hydrogen-bond acceptors (Lipinski definition) is 6. The normalized spacial score (nSPS) is 10.3.